The number of carboxylic acid groups (broad SMARTS) is 1. The molecule has 5 heterocycles. The zero-order valence-electron chi connectivity index (χ0n) is 20.1. The fourth-order valence-corrected chi connectivity index (χ4v) is 7.70. The maximum absolute atomic E-state index is 13.6. The Bertz CT molecular complexity index is 1440. The molecule has 5 rings (SSSR count). The first kappa shape index (κ1) is 27.1. The number of tetrazole rings is 1. The first-order valence-electron chi connectivity index (χ1n) is 11.1. The zero-order chi connectivity index (χ0) is 27.7. The lowest BCUT2D eigenvalue weighted by Gasteiger charge is -2.53. The quantitative estimate of drug-likeness (QED) is 0.101. The number of oxime groups is 1. The van der Waals surface area contributed by atoms with Crippen LogP contribution < -0.4 is 16.8 Å². The van der Waals surface area contributed by atoms with Gasteiger partial charge in [0.05, 0.1) is 22.9 Å². The lowest BCUT2D eigenvalue weighted by atomic mass is 9.87. The van der Waals surface area contributed by atoms with Crippen LogP contribution in [-0.2, 0) is 32.9 Å². The number of amides is 2. The summed E-state index contributed by atoms with van der Waals surface area (Å²) in [5.41, 5.74) is 10.3. The molecule has 2 amide bonds. The van der Waals surface area contributed by atoms with E-state index >= 15 is 0 Å². The van der Waals surface area contributed by atoms with Crippen molar-refractivity contribution in [3.8, 4) is 0 Å². The normalized spacial score (nSPS) is 22.7. The van der Waals surface area contributed by atoms with Gasteiger partial charge in [0.2, 0.25) is 11.1 Å². The highest BCUT2D eigenvalue weighted by Crippen LogP contribution is 2.48. The maximum atomic E-state index is 13.6. The van der Waals surface area contributed by atoms with Crippen molar-refractivity contribution in [2.75, 3.05) is 23.8 Å². The molecule has 6 N–H and O–H groups in total. The summed E-state index contributed by atoms with van der Waals surface area (Å²) >= 11 is 4.65. The van der Waals surface area contributed by atoms with Crippen molar-refractivity contribution in [1.29, 1.82) is 0 Å². The maximum Gasteiger partial charge on any atom is 0.315 e. The van der Waals surface area contributed by atoms with Crippen LogP contribution in [0.2, 0.25) is 0 Å². The predicted octanol–water partition coefficient (Wildman–Crippen LogP) is -0.181. The second-order valence-corrected chi connectivity index (χ2v) is 12.5. The lowest BCUT2D eigenvalue weighted by Crippen LogP contribution is -2.68. The number of hydrogen-bond donors (Lipinski definition) is 4. The fourth-order valence-electron chi connectivity index (χ4n) is 3.82. The molecule has 0 saturated carbocycles. The van der Waals surface area contributed by atoms with Crippen LogP contribution in [0.5, 0.6) is 0 Å². The number of hydrogen-bond acceptors (Lipinski definition) is 16. The molecule has 0 spiro atoms. The Balaban J connectivity index is 1.41. The van der Waals surface area contributed by atoms with Crippen molar-refractivity contribution in [3.63, 3.8) is 0 Å². The second kappa shape index (κ2) is 10.9. The average Bonchev–Trinajstić information content (AvgIpc) is 3.62. The molecular weight excluding hydrogens is 591 g/mol. The Kier molecular flexibility index (Phi) is 7.60. The van der Waals surface area contributed by atoms with Crippen LogP contribution in [0.25, 0.3) is 0 Å². The summed E-state index contributed by atoms with van der Waals surface area (Å²) in [6.45, 7) is -0.150. The Morgan fingerprint density at radius 3 is 2.69 bits per heavy atom. The van der Waals surface area contributed by atoms with Gasteiger partial charge in [-0.25, -0.2) is 14.6 Å². The number of aromatic nitrogens is 6. The van der Waals surface area contributed by atoms with E-state index in [4.69, 9.17) is 16.3 Å². The molecule has 2 aliphatic heterocycles. The monoisotopic (exact) mass is 611 g/mol. The van der Waals surface area contributed by atoms with Crippen molar-refractivity contribution >= 4 is 80.0 Å². The van der Waals surface area contributed by atoms with Crippen LogP contribution in [0.3, 0.4) is 0 Å². The topological polar surface area (TPSA) is 230 Å². The van der Waals surface area contributed by atoms with E-state index in [-0.39, 0.29) is 53.1 Å². The Hall–Kier alpha value is -3.49. The number of carbonyl (C=O) groups excluding carboxylic acids is 2. The number of fused-ring (bicyclic) bond motifs is 1. The molecule has 39 heavy (non-hydrogen) atoms. The van der Waals surface area contributed by atoms with E-state index in [0.717, 1.165) is 23.1 Å². The molecule has 0 aliphatic carbocycles. The third-order valence-corrected chi connectivity index (χ3v) is 10.1. The Morgan fingerprint density at radius 1 is 1.31 bits per heavy atom. The number of aliphatic carboxylic acids is 1. The van der Waals surface area contributed by atoms with Gasteiger partial charge in [0.25, 0.3) is 5.91 Å². The number of anilines is 2. The van der Waals surface area contributed by atoms with Gasteiger partial charge in [-0.15, -0.1) is 39.5 Å². The standard InChI is InChI=1S/C19H21N11O5S4/c1-29-18(25-27-28-29)38-7-19(15(33)34)6-30-10(31)2-11(30)39-14(19)24-13(32)12(9-5-37-17(21)23-9)26-35-3-8-4-36-16(20)22-8/h4-5,11,14H,2-3,6-7H2,1H3,(H2,20,22)(H2,21,23)(H,24,32)(H,33,34)/t11-,14?,19?/m1/s1. The average molecular weight is 612 g/mol. The number of rotatable bonds is 10. The largest absolute Gasteiger partial charge is 0.481 e. The van der Waals surface area contributed by atoms with Crippen molar-refractivity contribution in [1.82, 2.24) is 40.4 Å². The van der Waals surface area contributed by atoms with E-state index < -0.39 is 22.7 Å². The van der Waals surface area contributed by atoms with Crippen LogP contribution in [-0.4, -0.2) is 86.7 Å². The van der Waals surface area contributed by atoms with Gasteiger partial charge < -0.3 is 31.6 Å². The molecule has 16 nitrogen and oxygen atoms in total. The van der Waals surface area contributed by atoms with Crippen LogP contribution in [0.15, 0.2) is 21.1 Å². The van der Waals surface area contributed by atoms with Gasteiger partial charge in [0.1, 0.15) is 11.1 Å². The van der Waals surface area contributed by atoms with Gasteiger partial charge in [0, 0.05) is 30.1 Å². The predicted molar refractivity (Wildman–Crippen MR) is 144 cm³/mol. The van der Waals surface area contributed by atoms with Crippen LogP contribution in [0.1, 0.15) is 17.8 Å². The van der Waals surface area contributed by atoms with Crippen molar-refractivity contribution in [2.45, 2.75) is 28.9 Å². The molecular formula is C19H21N11O5S4. The number of nitrogens with zero attached hydrogens (tertiary/aromatic N) is 8. The number of β-lactam (4-membered cyclic amide) rings is 1. The summed E-state index contributed by atoms with van der Waals surface area (Å²) in [5, 5.41) is 31.5. The molecule has 20 heteroatoms. The highest BCUT2D eigenvalue weighted by atomic mass is 32.2. The van der Waals surface area contributed by atoms with Gasteiger partial charge in [-0.05, 0) is 10.4 Å². The summed E-state index contributed by atoms with van der Waals surface area (Å²) in [7, 11) is 1.63. The molecule has 3 atom stereocenters. The third-order valence-electron chi connectivity index (χ3n) is 5.91. The Labute approximate surface area is 236 Å². The highest BCUT2D eigenvalue weighted by Gasteiger charge is 2.58. The number of thiazole rings is 2. The van der Waals surface area contributed by atoms with Crippen LogP contribution >= 0.6 is 46.2 Å². The lowest BCUT2D eigenvalue weighted by molar-refractivity contribution is -0.155. The molecule has 2 saturated heterocycles. The SMILES string of the molecule is Cn1nnnc1SCC1(C(=O)O)CN2C(=O)C[C@H]2SC1NC(=O)C(=NOCc1csc(N)n1)c1csc(N)n1. The van der Waals surface area contributed by atoms with Gasteiger partial charge in [-0.2, -0.15) is 0 Å². The molecule has 0 aromatic carbocycles. The molecule has 3 aromatic heterocycles. The minimum atomic E-state index is -1.57. The summed E-state index contributed by atoms with van der Waals surface area (Å²) in [5.74, 6) is -2.08. The molecule has 2 fully saturated rings. The third kappa shape index (κ3) is 5.49. The summed E-state index contributed by atoms with van der Waals surface area (Å²) in [4.78, 5) is 53.7. The van der Waals surface area contributed by atoms with Gasteiger partial charge >= 0.3 is 5.97 Å². The van der Waals surface area contributed by atoms with Crippen molar-refractivity contribution < 1.29 is 24.3 Å². The molecule has 0 bridgehead atoms. The van der Waals surface area contributed by atoms with E-state index in [1.807, 2.05) is 0 Å². The van der Waals surface area contributed by atoms with E-state index in [0.29, 0.717) is 16.0 Å². The second-order valence-electron chi connectivity index (χ2n) is 8.47. The smallest absolute Gasteiger partial charge is 0.315 e. The minimum absolute atomic E-state index is 0.0249. The number of carboxylic acids is 1. The highest BCUT2D eigenvalue weighted by molar-refractivity contribution is 8.01. The molecule has 3 aromatic rings. The van der Waals surface area contributed by atoms with Crippen molar-refractivity contribution in [3.05, 3.63) is 22.1 Å². The van der Waals surface area contributed by atoms with E-state index in [9.17, 15) is 19.5 Å². The van der Waals surface area contributed by atoms with E-state index in [1.165, 1.54) is 32.7 Å². The summed E-state index contributed by atoms with van der Waals surface area (Å²) in [6.07, 6.45) is 0.247. The number of nitrogens with two attached hydrogens (primary N) is 2. The minimum Gasteiger partial charge on any atom is -0.481 e. The molecule has 0 radical (unpaired) electrons. The molecule has 2 aliphatic rings. The number of thioether (sulfide) groups is 2. The van der Waals surface area contributed by atoms with Crippen LogP contribution in [0, 0.1) is 5.41 Å². The van der Waals surface area contributed by atoms with Gasteiger partial charge in [0.15, 0.2) is 22.6 Å². The van der Waals surface area contributed by atoms with E-state index in [2.05, 4.69) is 36.0 Å². The summed E-state index contributed by atoms with van der Waals surface area (Å²) < 4.78 is 1.41. The van der Waals surface area contributed by atoms with Gasteiger partial charge in [-0.3, -0.25) is 14.4 Å². The number of aryl methyl sites for hydroxylation is 1. The van der Waals surface area contributed by atoms with E-state index in [1.54, 1.807) is 17.8 Å². The molecule has 2 unspecified atom stereocenters. The Morgan fingerprint density at radius 2 is 2.08 bits per heavy atom. The zero-order valence-corrected chi connectivity index (χ0v) is 23.3. The number of nitrogen functional groups attached to an aromatic ring is 2. The van der Waals surface area contributed by atoms with Crippen LogP contribution in [0.4, 0.5) is 10.3 Å². The fraction of sp³-hybridized carbons (Fsp3) is 0.421. The van der Waals surface area contributed by atoms with Crippen molar-refractivity contribution in [2.24, 2.45) is 17.6 Å². The summed E-state index contributed by atoms with van der Waals surface area (Å²) in [6, 6.07) is 0. The number of carbonyl (C=O) groups is 3. The first-order chi connectivity index (χ1) is 18.7. The molecule has 206 valence electrons. The number of nitrogens with one attached hydrogen (secondary N) is 1. The van der Waals surface area contributed by atoms with Gasteiger partial charge in [-0.1, -0.05) is 16.9 Å². The first-order valence-corrected chi connectivity index (χ1v) is 14.8.